The molecule has 4 aliphatic rings. The van der Waals surface area contributed by atoms with E-state index in [2.05, 4.69) is 15.5 Å². The van der Waals surface area contributed by atoms with Crippen LogP contribution in [0.1, 0.15) is 33.6 Å². The fourth-order valence-corrected chi connectivity index (χ4v) is 6.46. The summed E-state index contributed by atoms with van der Waals surface area (Å²) >= 11 is 0. The smallest absolute Gasteiger partial charge is 0.245 e. The Morgan fingerprint density at radius 1 is 1.21 bits per heavy atom. The number of ether oxygens (including phenoxy) is 2. The van der Waals surface area contributed by atoms with E-state index in [1.165, 1.54) is 4.90 Å². The highest BCUT2D eigenvalue weighted by molar-refractivity contribution is 5.99. The third-order valence-corrected chi connectivity index (χ3v) is 8.14. The monoisotopic (exact) mass is 466 g/mol. The van der Waals surface area contributed by atoms with E-state index < -0.39 is 35.1 Å². The van der Waals surface area contributed by atoms with Gasteiger partial charge in [-0.15, -0.1) is 0 Å². The number of hydrogen-bond donors (Lipinski definition) is 3. The van der Waals surface area contributed by atoms with Gasteiger partial charge in [-0.1, -0.05) is 13.8 Å². The Morgan fingerprint density at radius 3 is 2.52 bits per heavy atom. The van der Waals surface area contributed by atoms with E-state index in [0.717, 1.165) is 13.1 Å². The fraction of sp³-hybridized carbons (Fsp3) is 0.870. The molecule has 0 aliphatic carbocycles. The first-order valence-electron chi connectivity index (χ1n) is 12.1. The highest BCUT2D eigenvalue weighted by Crippen LogP contribution is 2.63. The highest BCUT2D eigenvalue weighted by atomic mass is 16.5. The van der Waals surface area contributed by atoms with Gasteiger partial charge in [-0.25, -0.2) is 0 Å². The molecule has 10 heteroatoms. The summed E-state index contributed by atoms with van der Waals surface area (Å²) in [6, 6.07) is -1.41. The highest BCUT2D eigenvalue weighted by Gasteiger charge is 2.78. The molecule has 2 unspecified atom stereocenters. The molecule has 0 aromatic heterocycles. The van der Waals surface area contributed by atoms with Crippen LogP contribution in [-0.4, -0.2) is 109 Å². The van der Waals surface area contributed by atoms with Crippen molar-refractivity contribution < 1.29 is 29.0 Å². The average Bonchev–Trinajstić information content (AvgIpc) is 3.35. The lowest BCUT2D eigenvalue weighted by Gasteiger charge is -2.38. The number of nitrogens with zero attached hydrogens (tertiary/aromatic N) is 2. The summed E-state index contributed by atoms with van der Waals surface area (Å²) in [5.74, 6) is -2.25. The molecule has 0 radical (unpaired) electrons. The molecular formula is C23H38N4O6. The summed E-state index contributed by atoms with van der Waals surface area (Å²) < 4.78 is 11.9. The van der Waals surface area contributed by atoms with Gasteiger partial charge in [0.15, 0.2) is 0 Å². The Balaban J connectivity index is 1.62. The molecule has 3 N–H and O–H groups in total. The van der Waals surface area contributed by atoms with Crippen molar-refractivity contribution in [2.24, 2.45) is 17.8 Å². The minimum absolute atomic E-state index is 0.0657. The van der Waals surface area contributed by atoms with Crippen LogP contribution in [-0.2, 0) is 23.9 Å². The number of likely N-dealkylation sites (tertiary alicyclic amines) is 1. The molecule has 186 valence electrons. The van der Waals surface area contributed by atoms with Crippen LogP contribution in [0.3, 0.4) is 0 Å². The van der Waals surface area contributed by atoms with Crippen molar-refractivity contribution in [3.8, 4) is 0 Å². The fourth-order valence-electron chi connectivity index (χ4n) is 6.46. The van der Waals surface area contributed by atoms with Gasteiger partial charge in [0.2, 0.25) is 17.7 Å². The summed E-state index contributed by atoms with van der Waals surface area (Å²) in [6.07, 6.45) is 1.13. The van der Waals surface area contributed by atoms with Crippen molar-refractivity contribution in [1.82, 2.24) is 20.4 Å². The minimum atomic E-state index is -1.06. The topological polar surface area (TPSA) is 120 Å². The molecular weight excluding hydrogens is 428 g/mol. The minimum Gasteiger partial charge on any atom is -0.394 e. The second kappa shape index (κ2) is 9.13. The van der Waals surface area contributed by atoms with E-state index in [-0.39, 0.29) is 30.2 Å². The number of rotatable bonds is 8. The van der Waals surface area contributed by atoms with Gasteiger partial charge in [-0.3, -0.25) is 19.3 Å². The molecule has 4 saturated heterocycles. The molecule has 6 atom stereocenters. The van der Waals surface area contributed by atoms with E-state index in [0.29, 0.717) is 39.1 Å². The number of carbonyl (C=O) groups excluding carboxylic acids is 3. The van der Waals surface area contributed by atoms with Crippen LogP contribution in [0.2, 0.25) is 0 Å². The number of aliphatic hydroxyl groups is 1. The van der Waals surface area contributed by atoms with Crippen LogP contribution < -0.4 is 10.6 Å². The summed E-state index contributed by atoms with van der Waals surface area (Å²) in [6.45, 7) is 9.61. The van der Waals surface area contributed by atoms with Gasteiger partial charge in [0.25, 0.3) is 0 Å². The molecule has 4 heterocycles. The lowest BCUT2D eigenvalue weighted by Crippen LogP contribution is -2.59. The normalized spacial score (nSPS) is 36.8. The van der Waals surface area contributed by atoms with Crippen LogP contribution in [0.5, 0.6) is 0 Å². The maximum Gasteiger partial charge on any atom is 0.245 e. The van der Waals surface area contributed by atoms with Gasteiger partial charge in [0, 0.05) is 33.2 Å². The first-order chi connectivity index (χ1) is 15.7. The van der Waals surface area contributed by atoms with Crippen LogP contribution >= 0.6 is 0 Å². The quantitative estimate of drug-likeness (QED) is 0.418. The largest absolute Gasteiger partial charge is 0.394 e. The van der Waals surface area contributed by atoms with Gasteiger partial charge >= 0.3 is 0 Å². The van der Waals surface area contributed by atoms with E-state index >= 15 is 0 Å². The molecule has 10 nitrogen and oxygen atoms in total. The second-order valence-corrected chi connectivity index (χ2v) is 10.3. The van der Waals surface area contributed by atoms with Crippen molar-refractivity contribution in [1.29, 1.82) is 0 Å². The SMILES string of the molecule is CNC(=O)[C@@H]1[C@H]2C(=O)N([C@@H](CO)C(C)C)C(C(=O)NCCN3CCOCC3)C23CC[C@@]1(C)O3. The molecule has 0 aromatic carbocycles. The van der Waals surface area contributed by atoms with E-state index in [9.17, 15) is 19.5 Å². The first-order valence-corrected chi connectivity index (χ1v) is 12.1. The van der Waals surface area contributed by atoms with Gasteiger partial charge in [-0.05, 0) is 25.7 Å². The maximum absolute atomic E-state index is 13.8. The standard InChI is InChI=1S/C23H38N4O6/c1-14(2)15(13-28)27-18(20(30)25-7-8-26-9-11-32-12-10-26)23-6-5-22(3,33-23)16(19(29)24-4)17(23)21(27)31/h14-18,28H,5-13H2,1-4H3,(H,24,29)(H,25,30)/t15-,16-,17-,18?,22+,23?/m0/s1. The lowest BCUT2D eigenvalue weighted by atomic mass is 9.66. The lowest BCUT2D eigenvalue weighted by molar-refractivity contribution is -0.150. The first kappa shape index (κ1) is 24.4. The van der Waals surface area contributed by atoms with Gasteiger partial charge < -0.3 is 30.1 Å². The summed E-state index contributed by atoms with van der Waals surface area (Å²) in [5, 5.41) is 15.9. The van der Waals surface area contributed by atoms with Gasteiger partial charge in [-0.2, -0.15) is 0 Å². The molecule has 4 fully saturated rings. The van der Waals surface area contributed by atoms with Crippen molar-refractivity contribution in [2.45, 2.75) is 56.9 Å². The van der Waals surface area contributed by atoms with Crippen molar-refractivity contribution >= 4 is 17.7 Å². The molecule has 1 spiro atoms. The number of carbonyl (C=O) groups is 3. The predicted molar refractivity (Wildman–Crippen MR) is 119 cm³/mol. The molecule has 4 aliphatic heterocycles. The third-order valence-electron chi connectivity index (χ3n) is 8.14. The van der Waals surface area contributed by atoms with Crippen molar-refractivity contribution in [2.75, 3.05) is 53.0 Å². The van der Waals surface area contributed by atoms with Crippen molar-refractivity contribution in [3.05, 3.63) is 0 Å². The van der Waals surface area contributed by atoms with Crippen LogP contribution in [0.4, 0.5) is 0 Å². The molecule has 2 bridgehead atoms. The summed E-state index contributed by atoms with van der Waals surface area (Å²) in [7, 11) is 1.56. The van der Waals surface area contributed by atoms with Crippen LogP contribution in [0.25, 0.3) is 0 Å². The Hall–Kier alpha value is -1.75. The number of fused-ring (bicyclic) bond motifs is 1. The van der Waals surface area contributed by atoms with E-state index in [1.807, 2.05) is 20.8 Å². The van der Waals surface area contributed by atoms with E-state index in [4.69, 9.17) is 9.47 Å². The zero-order valence-corrected chi connectivity index (χ0v) is 20.1. The molecule has 3 amide bonds. The van der Waals surface area contributed by atoms with Gasteiger partial charge in [0.1, 0.15) is 11.6 Å². The molecule has 0 aromatic rings. The third kappa shape index (κ3) is 3.84. The zero-order valence-electron chi connectivity index (χ0n) is 20.1. The van der Waals surface area contributed by atoms with Crippen molar-refractivity contribution in [3.63, 3.8) is 0 Å². The number of nitrogens with one attached hydrogen (secondary N) is 2. The Kier molecular flexibility index (Phi) is 6.74. The number of morpholine rings is 1. The Bertz CT molecular complexity index is 787. The summed E-state index contributed by atoms with van der Waals surface area (Å²) in [5.41, 5.74) is -1.85. The van der Waals surface area contributed by atoms with Crippen LogP contribution in [0.15, 0.2) is 0 Å². The number of hydrogen-bond acceptors (Lipinski definition) is 7. The number of aliphatic hydroxyl groups excluding tert-OH is 1. The molecule has 4 rings (SSSR count). The predicted octanol–water partition coefficient (Wildman–Crippen LogP) is -1.04. The Labute approximate surface area is 195 Å². The molecule has 33 heavy (non-hydrogen) atoms. The number of amides is 3. The van der Waals surface area contributed by atoms with E-state index in [1.54, 1.807) is 7.05 Å². The zero-order chi connectivity index (χ0) is 24.0. The second-order valence-electron chi connectivity index (χ2n) is 10.3. The summed E-state index contributed by atoms with van der Waals surface area (Å²) in [4.78, 5) is 44.1. The van der Waals surface area contributed by atoms with Crippen LogP contribution in [0, 0.1) is 17.8 Å². The Morgan fingerprint density at radius 2 is 1.91 bits per heavy atom. The molecule has 0 saturated carbocycles. The maximum atomic E-state index is 13.8. The average molecular weight is 467 g/mol. The van der Waals surface area contributed by atoms with Gasteiger partial charge in [0.05, 0.1) is 43.3 Å².